The fourth-order valence-electron chi connectivity index (χ4n) is 1.75. The molecule has 21 heavy (non-hydrogen) atoms. The average molecular weight is 313 g/mol. The Bertz CT molecular complexity index is 580. The fourth-order valence-corrected chi connectivity index (χ4v) is 1.75. The van der Waals surface area contributed by atoms with E-state index in [1.54, 1.807) is 24.5 Å². The van der Waals surface area contributed by atoms with E-state index in [-0.39, 0.29) is 24.2 Å². The number of amides is 1. The van der Waals surface area contributed by atoms with Crippen LogP contribution in [-0.2, 0) is 0 Å². The first-order chi connectivity index (χ1) is 9.46. The lowest BCUT2D eigenvalue weighted by Gasteiger charge is -2.33. The molecule has 2 rings (SSSR count). The second kappa shape index (κ2) is 6.78. The molecule has 2 aromatic rings. The Morgan fingerprint density at radius 1 is 1.57 bits per heavy atom. The summed E-state index contributed by atoms with van der Waals surface area (Å²) in [5.74, 6) is 0.614. The molecule has 0 saturated heterocycles. The van der Waals surface area contributed by atoms with Crippen LogP contribution in [0.4, 0.5) is 0 Å². The van der Waals surface area contributed by atoms with Gasteiger partial charge in [-0.15, -0.1) is 12.4 Å². The van der Waals surface area contributed by atoms with Crippen LogP contribution in [0.1, 0.15) is 31.3 Å². The van der Waals surface area contributed by atoms with Crippen LogP contribution in [0.25, 0.3) is 11.5 Å². The molecule has 116 valence electrons. The number of H-pyrrole nitrogens is 1. The smallest absolute Gasteiger partial charge is 0.272 e. The number of nitrogens with zero attached hydrogens (tertiary/aromatic N) is 1. The van der Waals surface area contributed by atoms with Crippen molar-refractivity contribution in [3.8, 4) is 11.5 Å². The predicted molar refractivity (Wildman–Crippen MR) is 83.3 cm³/mol. The van der Waals surface area contributed by atoms with Crippen molar-refractivity contribution in [3.63, 3.8) is 0 Å². The van der Waals surface area contributed by atoms with Gasteiger partial charge < -0.3 is 15.5 Å². The van der Waals surface area contributed by atoms with E-state index in [0.29, 0.717) is 23.7 Å². The van der Waals surface area contributed by atoms with Crippen molar-refractivity contribution < 1.29 is 9.21 Å². The van der Waals surface area contributed by atoms with E-state index >= 15 is 0 Å². The van der Waals surface area contributed by atoms with Gasteiger partial charge in [0.1, 0.15) is 5.69 Å². The first-order valence-electron chi connectivity index (χ1n) is 6.58. The average Bonchev–Trinajstić information content (AvgIpc) is 3.08. The van der Waals surface area contributed by atoms with Crippen LogP contribution in [0.5, 0.6) is 0 Å². The van der Waals surface area contributed by atoms with Crippen LogP contribution < -0.4 is 11.1 Å². The van der Waals surface area contributed by atoms with Gasteiger partial charge in [0.05, 0.1) is 11.8 Å². The number of carbonyl (C=O) groups is 1. The minimum Gasteiger partial charge on any atom is -0.463 e. The van der Waals surface area contributed by atoms with Crippen molar-refractivity contribution in [1.82, 2.24) is 15.5 Å². The molecule has 6 nitrogen and oxygen atoms in total. The minimum absolute atomic E-state index is 0. The number of aromatic nitrogens is 2. The van der Waals surface area contributed by atoms with Crippen LogP contribution in [0.2, 0.25) is 0 Å². The van der Waals surface area contributed by atoms with E-state index in [9.17, 15) is 4.79 Å². The van der Waals surface area contributed by atoms with Crippen molar-refractivity contribution >= 4 is 18.3 Å². The van der Waals surface area contributed by atoms with E-state index < -0.39 is 5.54 Å². The first-order valence-corrected chi connectivity index (χ1v) is 6.58. The maximum Gasteiger partial charge on any atom is 0.272 e. The van der Waals surface area contributed by atoms with Crippen molar-refractivity contribution in [1.29, 1.82) is 0 Å². The van der Waals surface area contributed by atoms with Crippen molar-refractivity contribution in [2.45, 2.75) is 26.3 Å². The van der Waals surface area contributed by atoms with E-state index in [0.717, 1.165) is 0 Å². The minimum atomic E-state index is -0.457. The van der Waals surface area contributed by atoms with Gasteiger partial charge >= 0.3 is 0 Å². The molecule has 0 saturated carbocycles. The van der Waals surface area contributed by atoms with Gasteiger partial charge in [0, 0.05) is 12.6 Å². The predicted octanol–water partition coefficient (Wildman–Crippen LogP) is 2.19. The Labute approximate surface area is 129 Å². The molecule has 2 aromatic heterocycles. The normalized spacial score (nSPS) is 13.6. The zero-order valence-corrected chi connectivity index (χ0v) is 13.2. The number of halogens is 1. The molecule has 0 spiro atoms. The van der Waals surface area contributed by atoms with Crippen LogP contribution >= 0.6 is 12.4 Å². The number of nitrogens with one attached hydrogen (secondary N) is 2. The number of rotatable bonds is 5. The molecule has 4 N–H and O–H groups in total. The molecule has 0 aliphatic rings. The Morgan fingerprint density at radius 2 is 2.29 bits per heavy atom. The molecule has 0 aliphatic heterocycles. The number of carbonyl (C=O) groups excluding carboxylic acids is 1. The Balaban J connectivity index is 0.00000220. The summed E-state index contributed by atoms with van der Waals surface area (Å²) in [6.07, 6.45) is 1.57. The second-order valence-corrected chi connectivity index (χ2v) is 5.37. The van der Waals surface area contributed by atoms with Crippen LogP contribution in [0, 0.1) is 5.92 Å². The van der Waals surface area contributed by atoms with Crippen molar-refractivity contribution in [2.24, 2.45) is 11.7 Å². The first kappa shape index (κ1) is 17.3. The molecule has 0 radical (unpaired) electrons. The Hall–Kier alpha value is -1.79. The largest absolute Gasteiger partial charge is 0.463 e. The van der Waals surface area contributed by atoms with Gasteiger partial charge in [-0.3, -0.25) is 9.89 Å². The SMILES string of the molecule is CC(C)C(C)(CN)NC(=O)c1cc(-c2ccco2)[nH]n1.Cl. The highest BCUT2D eigenvalue weighted by Gasteiger charge is 2.29. The number of furan rings is 1. The molecular formula is C14H21ClN4O2. The molecule has 0 aliphatic carbocycles. The van der Waals surface area contributed by atoms with Gasteiger partial charge in [-0.2, -0.15) is 5.10 Å². The quantitative estimate of drug-likeness (QED) is 0.788. The van der Waals surface area contributed by atoms with Crippen LogP contribution in [-0.4, -0.2) is 28.2 Å². The van der Waals surface area contributed by atoms with Gasteiger partial charge in [0.25, 0.3) is 5.91 Å². The molecule has 1 amide bonds. The Morgan fingerprint density at radius 3 is 2.81 bits per heavy atom. The number of hydrogen-bond acceptors (Lipinski definition) is 4. The standard InChI is InChI=1S/C14H20N4O2.ClH/c1-9(2)14(3,8-15)16-13(19)11-7-10(17-18-11)12-5-4-6-20-12;/h4-7,9H,8,15H2,1-3H3,(H,16,19)(H,17,18);1H. The number of hydrogen-bond donors (Lipinski definition) is 3. The lowest BCUT2D eigenvalue weighted by molar-refractivity contribution is 0.0878. The van der Waals surface area contributed by atoms with Gasteiger partial charge in [-0.25, -0.2) is 0 Å². The van der Waals surface area contributed by atoms with Crippen molar-refractivity contribution in [3.05, 3.63) is 30.2 Å². The van der Waals surface area contributed by atoms with E-state index in [1.165, 1.54) is 0 Å². The Kier molecular flexibility index (Phi) is 5.57. The third kappa shape index (κ3) is 3.65. The zero-order chi connectivity index (χ0) is 14.8. The summed E-state index contributed by atoms with van der Waals surface area (Å²) in [4.78, 5) is 12.2. The number of nitrogens with two attached hydrogens (primary N) is 1. The molecule has 1 atom stereocenters. The summed E-state index contributed by atoms with van der Waals surface area (Å²) in [7, 11) is 0. The summed E-state index contributed by atoms with van der Waals surface area (Å²) in [5, 5.41) is 9.74. The van der Waals surface area contributed by atoms with Gasteiger partial charge in [-0.05, 0) is 25.0 Å². The lowest BCUT2D eigenvalue weighted by Crippen LogP contribution is -2.55. The third-order valence-electron chi connectivity index (χ3n) is 3.69. The maximum atomic E-state index is 12.2. The van der Waals surface area contributed by atoms with Crippen LogP contribution in [0.15, 0.2) is 28.9 Å². The summed E-state index contributed by atoms with van der Waals surface area (Å²) in [6.45, 7) is 6.33. The molecule has 0 fully saturated rings. The molecule has 0 aromatic carbocycles. The highest BCUT2D eigenvalue weighted by atomic mass is 35.5. The fraction of sp³-hybridized carbons (Fsp3) is 0.429. The number of aromatic amines is 1. The van der Waals surface area contributed by atoms with Gasteiger partial charge in [0.2, 0.25) is 0 Å². The summed E-state index contributed by atoms with van der Waals surface area (Å²) < 4.78 is 5.25. The van der Waals surface area contributed by atoms with E-state index in [4.69, 9.17) is 10.2 Å². The molecule has 2 heterocycles. The summed E-state index contributed by atoms with van der Waals surface area (Å²) >= 11 is 0. The molecule has 0 bridgehead atoms. The second-order valence-electron chi connectivity index (χ2n) is 5.37. The molecule has 1 unspecified atom stereocenters. The third-order valence-corrected chi connectivity index (χ3v) is 3.69. The van der Waals surface area contributed by atoms with Gasteiger partial charge in [0.15, 0.2) is 11.5 Å². The molecular weight excluding hydrogens is 292 g/mol. The van der Waals surface area contributed by atoms with E-state index in [1.807, 2.05) is 20.8 Å². The zero-order valence-electron chi connectivity index (χ0n) is 12.3. The van der Waals surface area contributed by atoms with Crippen molar-refractivity contribution in [2.75, 3.05) is 6.54 Å². The highest BCUT2D eigenvalue weighted by Crippen LogP contribution is 2.19. The van der Waals surface area contributed by atoms with E-state index in [2.05, 4.69) is 15.5 Å². The highest BCUT2D eigenvalue weighted by molar-refractivity contribution is 5.93. The monoisotopic (exact) mass is 312 g/mol. The van der Waals surface area contributed by atoms with Gasteiger partial charge in [-0.1, -0.05) is 13.8 Å². The maximum absolute atomic E-state index is 12.2. The molecule has 7 heteroatoms. The summed E-state index contributed by atoms with van der Waals surface area (Å²) in [5.41, 5.74) is 6.28. The van der Waals surface area contributed by atoms with Crippen LogP contribution in [0.3, 0.4) is 0 Å². The summed E-state index contributed by atoms with van der Waals surface area (Å²) in [6, 6.07) is 5.24. The lowest BCUT2D eigenvalue weighted by atomic mass is 9.88. The topological polar surface area (TPSA) is 96.9 Å².